The van der Waals surface area contributed by atoms with Crippen LogP contribution in [0.5, 0.6) is 5.75 Å². The van der Waals surface area contributed by atoms with Crippen molar-refractivity contribution in [3.05, 3.63) is 34.7 Å². The molecule has 1 heterocycles. The summed E-state index contributed by atoms with van der Waals surface area (Å²) in [5.74, 6) is -0.377. The van der Waals surface area contributed by atoms with E-state index in [1.54, 1.807) is 37.3 Å². The van der Waals surface area contributed by atoms with E-state index >= 15 is 0 Å². The number of para-hydroxylation sites is 1. The van der Waals surface area contributed by atoms with Gasteiger partial charge >= 0.3 is 5.97 Å². The Hall–Kier alpha value is -2.28. The molecule has 1 aliphatic rings. The summed E-state index contributed by atoms with van der Waals surface area (Å²) < 4.78 is 9.89. The Morgan fingerprint density at radius 2 is 2.05 bits per heavy atom. The highest BCUT2D eigenvalue weighted by molar-refractivity contribution is 8.18. The molecule has 1 aliphatic heterocycles. The van der Waals surface area contributed by atoms with Crippen molar-refractivity contribution in [3.63, 3.8) is 0 Å². The van der Waals surface area contributed by atoms with Crippen LogP contribution < -0.4 is 4.74 Å². The first kappa shape index (κ1) is 16.1. The number of rotatable bonds is 5. The molecule has 1 saturated heterocycles. The van der Waals surface area contributed by atoms with Gasteiger partial charge in [0, 0.05) is 12.1 Å². The van der Waals surface area contributed by atoms with E-state index in [9.17, 15) is 14.4 Å². The van der Waals surface area contributed by atoms with Crippen molar-refractivity contribution in [2.24, 2.45) is 0 Å². The molecule has 2 amide bonds. The molecule has 6 nitrogen and oxygen atoms in total. The Bertz CT molecular complexity index is 641. The lowest BCUT2D eigenvalue weighted by atomic mass is 10.2. The van der Waals surface area contributed by atoms with Gasteiger partial charge in [-0.15, -0.1) is 0 Å². The summed E-state index contributed by atoms with van der Waals surface area (Å²) in [6, 6.07) is 6.95. The van der Waals surface area contributed by atoms with Crippen molar-refractivity contribution in [1.29, 1.82) is 0 Å². The molecular weight excluding hydrogens is 306 g/mol. The molecule has 1 aromatic rings. The van der Waals surface area contributed by atoms with E-state index in [0.29, 0.717) is 22.8 Å². The number of thioether (sulfide) groups is 1. The number of ether oxygens (including phenoxy) is 2. The molecule has 7 heteroatoms. The first-order chi connectivity index (χ1) is 10.6. The first-order valence-corrected chi connectivity index (χ1v) is 7.42. The van der Waals surface area contributed by atoms with Gasteiger partial charge in [0.25, 0.3) is 11.1 Å². The van der Waals surface area contributed by atoms with Gasteiger partial charge in [-0.2, -0.15) is 0 Å². The minimum Gasteiger partial charge on any atom is -0.481 e. The maximum atomic E-state index is 12.1. The third-order valence-corrected chi connectivity index (χ3v) is 3.88. The van der Waals surface area contributed by atoms with Gasteiger partial charge in [0.2, 0.25) is 0 Å². The number of carbonyl (C=O) groups is 3. The molecule has 22 heavy (non-hydrogen) atoms. The monoisotopic (exact) mass is 321 g/mol. The minimum atomic E-state index is -0.499. The largest absolute Gasteiger partial charge is 0.481 e. The van der Waals surface area contributed by atoms with Gasteiger partial charge in [0.15, 0.2) is 6.61 Å². The quantitative estimate of drug-likeness (QED) is 0.612. The zero-order chi connectivity index (χ0) is 16.1. The number of hydrogen-bond donors (Lipinski definition) is 0. The lowest BCUT2D eigenvalue weighted by molar-refractivity contribution is -0.142. The number of amides is 2. The fourth-order valence-corrected chi connectivity index (χ4v) is 2.73. The van der Waals surface area contributed by atoms with Gasteiger partial charge in [0.05, 0.1) is 12.0 Å². The van der Waals surface area contributed by atoms with Gasteiger partial charge in [-0.25, -0.2) is 4.79 Å². The Morgan fingerprint density at radius 1 is 1.32 bits per heavy atom. The van der Waals surface area contributed by atoms with E-state index in [1.165, 1.54) is 12.0 Å². The molecule has 0 atom stereocenters. The van der Waals surface area contributed by atoms with Crippen LogP contribution in [-0.4, -0.2) is 42.3 Å². The summed E-state index contributed by atoms with van der Waals surface area (Å²) in [7, 11) is 1.28. The van der Waals surface area contributed by atoms with Crippen LogP contribution in [-0.2, 0) is 14.3 Å². The van der Waals surface area contributed by atoms with Crippen molar-refractivity contribution >= 4 is 35.0 Å². The van der Waals surface area contributed by atoms with E-state index in [0.717, 1.165) is 11.8 Å². The van der Waals surface area contributed by atoms with Crippen LogP contribution in [0, 0.1) is 0 Å². The second kappa shape index (κ2) is 7.13. The number of nitrogens with zero attached hydrogens (tertiary/aromatic N) is 1. The third-order valence-electron chi connectivity index (χ3n) is 2.97. The van der Waals surface area contributed by atoms with Gasteiger partial charge in [0.1, 0.15) is 5.75 Å². The predicted molar refractivity (Wildman–Crippen MR) is 82.3 cm³/mol. The van der Waals surface area contributed by atoms with Crippen molar-refractivity contribution in [3.8, 4) is 5.75 Å². The summed E-state index contributed by atoms with van der Waals surface area (Å²) in [5, 5.41) is -0.285. The fraction of sp³-hybridized carbons (Fsp3) is 0.267. The highest BCUT2D eigenvalue weighted by atomic mass is 32.2. The van der Waals surface area contributed by atoms with Crippen molar-refractivity contribution < 1.29 is 23.9 Å². The molecule has 1 fully saturated rings. The average molecular weight is 321 g/mol. The Kier molecular flexibility index (Phi) is 5.21. The van der Waals surface area contributed by atoms with Gasteiger partial charge < -0.3 is 9.47 Å². The normalized spacial score (nSPS) is 16.3. The van der Waals surface area contributed by atoms with E-state index in [1.807, 2.05) is 0 Å². The highest BCUT2D eigenvalue weighted by Crippen LogP contribution is 2.33. The number of hydrogen-bond acceptors (Lipinski definition) is 6. The number of esters is 1. The lowest BCUT2D eigenvalue weighted by Gasteiger charge is -2.09. The molecule has 0 unspecified atom stereocenters. The van der Waals surface area contributed by atoms with E-state index in [4.69, 9.17) is 4.74 Å². The molecule has 0 saturated carbocycles. The maximum absolute atomic E-state index is 12.1. The highest BCUT2D eigenvalue weighted by Gasteiger charge is 2.33. The smallest absolute Gasteiger partial charge is 0.343 e. The SMILES string of the molecule is CCN1C(=O)S/C(=C/c2ccccc2OCC(=O)OC)C1=O. The molecular formula is C15H15NO5S. The van der Waals surface area contributed by atoms with Gasteiger partial charge in [-0.1, -0.05) is 18.2 Å². The second-order valence-corrected chi connectivity index (χ2v) is 5.32. The van der Waals surface area contributed by atoms with Crippen LogP contribution >= 0.6 is 11.8 Å². The minimum absolute atomic E-state index is 0.224. The lowest BCUT2D eigenvalue weighted by Crippen LogP contribution is -2.27. The molecule has 0 aliphatic carbocycles. The zero-order valence-electron chi connectivity index (χ0n) is 12.2. The summed E-state index contributed by atoms with van der Waals surface area (Å²) >= 11 is 0.890. The Labute approximate surface area is 132 Å². The predicted octanol–water partition coefficient (Wildman–Crippen LogP) is 2.29. The molecule has 0 aromatic heterocycles. The summed E-state index contributed by atoms with van der Waals surface area (Å²) in [6.07, 6.45) is 1.59. The first-order valence-electron chi connectivity index (χ1n) is 6.60. The van der Waals surface area contributed by atoms with Gasteiger partial charge in [-0.3, -0.25) is 14.5 Å². The van der Waals surface area contributed by atoms with E-state index < -0.39 is 5.97 Å². The molecule has 116 valence electrons. The van der Waals surface area contributed by atoms with Crippen LogP contribution in [0.1, 0.15) is 12.5 Å². The second-order valence-electron chi connectivity index (χ2n) is 4.33. The average Bonchev–Trinajstić information content (AvgIpc) is 2.79. The molecule has 0 N–H and O–H groups in total. The summed E-state index contributed by atoms with van der Waals surface area (Å²) in [4.78, 5) is 36.4. The Balaban J connectivity index is 2.23. The van der Waals surface area contributed by atoms with Crippen LogP contribution in [0.15, 0.2) is 29.2 Å². The van der Waals surface area contributed by atoms with E-state index in [2.05, 4.69) is 4.74 Å². The topological polar surface area (TPSA) is 72.9 Å². The number of benzene rings is 1. The summed E-state index contributed by atoms with van der Waals surface area (Å²) in [5.41, 5.74) is 0.619. The number of imide groups is 1. The van der Waals surface area contributed by atoms with Crippen molar-refractivity contribution in [2.75, 3.05) is 20.3 Å². The van der Waals surface area contributed by atoms with Crippen molar-refractivity contribution in [2.45, 2.75) is 6.92 Å². The number of methoxy groups -OCH3 is 1. The van der Waals surface area contributed by atoms with Crippen LogP contribution in [0.4, 0.5) is 4.79 Å². The van der Waals surface area contributed by atoms with Gasteiger partial charge in [-0.05, 0) is 30.8 Å². The van der Waals surface area contributed by atoms with E-state index in [-0.39, 0.29) is 17.8 Å². The molecule has 0 spiro atoms. The molecule has 2 rings (SSSR count). The Morgan fingerprint density at radius 3 is 2.68 bits per heavy atom. The third kappa shape index (κ3) is 3.48. The zero-order valence-corrected chi connectivity index (χ0v) is 13.0. The molecule has 1 aromatic carbocycles. The maximum Gasteiger partial charge on any atom is 0.343 e. The van der Waals surface area contributed by atoms with Crippen LogP contribution in [0.2, 0.25) is 0 Å². The summed E-state index contributed by atoms with van der Waals surface area (Å²) in [6.45, 7) is 1.85. The standard InChI is InChI=1S/C15H15NO5S/c1-3-16-14(18)12(22-15(16)19)8-10-6-4-5-7-11(10)21-9-13(17)20-2/h4-8H,3,9H2,1-2H3/b12-8+. The van der Waals surface area contributed by atoms with Crippen molar-refractivity contribution in [1.82, 2.24) is 4.90 Å². The number of carbonyl (C=O) groups excluding carboxylic acids is 3. The molecule has 0 radical (unpaired) electrons. The fourth-order valence-electron chi connectivity index (χ4n) is 1.84. The van der Waals surface area contributed by atoms with Crippen LogP contribution in [0.3, 0.4) is 0 Å². The number of likely N-dealkylation sites (N-methyl/N-ethyl adjacent to an activating group) is 1. The molecule has 0 bridgehead atoms. The van der Waals surface area contributed by atoms with Crippen LogP contribution in [0.25, 0.3) is 6.08 Å².